The molecule has 1 aromatic heterocycles. The molecule has 1 atom stereocenters. The Hall–Kier alpha value is -2.33. The van der Waals surface area contributed by atoms with Crippen molar-refractivity contribution in [1.29, 1.82) is 0 Å². The number of carbonyl (C=O) groups is 1. The molecule has 0 N–H and O–H groups in total. The predicted octanol–water partition coefficient (Wildman–Crippen LogP) is 5.47. The summed E-state index contributed by atoms with van der Waals surface area (Å²) in [5.41, 5.74) is 2.78. The fourth-order valence-corrected chi connectivity index (χ4v) is 3.31. The lowest BCUT2D eigenvalue weighted by atomic mass is 10.1. The molecule has 3 aromatic rings. The normalized spacial score (nSPS) is 12.1. The molecule has 0 aliphatic rings. The van der Waals surface area contributed by atoms with E-state index >= 15 is 0 Å². The molecule has 0 spiro atoms. The molecule has 3 nitrogen and oxygen atoms in total. The topological polar surface area (TPSA) is 43.1 Å². The van der Waals surface area contributed by atoms with Crippen LogP contribution in [0.2, 0.25) is 0 Å². The zero-order valence-corrected chi connectivity index (χ0v) is 14.5. The SMILES string of the molecule is CCC(=O)C(C)Sc1nc(-c2ccccc2)c(-c2ccccc2)o1. The van der Waals surface area contributed by atoms with Crippen LogP contribution in [0.25, 0.3) is 22.6 Å². The number of aromatic nitrogens is 1. The Bertz CT molecular complexity index is 755. The summed E-state index contributed by atoms with van der Waals surface area (Å²) in [4.78, 5) is 16.5. The largest absolute Gasteiger partial charge is 0.431 e. The van der Waals surface area contributed by atoms with Crippen molar-refractivity contribution in [3.05, 3.63) is 60.7 Å². The van der Waals surface area contributed by atoms with Crippen molar-refractivity contribution in [2.24, 2.45) is 0 Å². The zero-order valence-electron chi connectivity index (χ0n) is 13.7. The zero-order chi connectivity index (χ0) is 16.9. The van der Waals surface area contributed by atoms with E-state index in [9.17, 15) is 4.79 Å². The van der Waals surface area contributed by atoms with Gasteiger partial charge in [0.15, 0.2) is 5.76 Å². The summed E-state index contributed by atoms with van der Waals surface area (Å²) >= 11 is 1.37. The second-order valence-corrected chi connectivity index (χ2v) is 6.76. The molecule has 0 aliphatic carbocycles. The van der Waals surface area contributed by atoms with Crippen LogP contribution in [0.1, 0.15) is 20.3 Å². The fraction of sp³-hybridized carbons (Fsp3) is 0.200. The monoisotopic (exact) mass is 337 g/mol. The first-order valence-electron chi connectivity index (χ1n) is 8.00. The van der Waals surface area contributed by atoms with Gasteiger partial charge in [-0.25, -0.2) is 4.98 Å². The molecule has 0 saturated carbocycles. The van der Waals surface area contributed by atoms with E-state index in [1.807, 2.05) is 74.5 Å². The maximum atomic E-state index is 11.9. The lowest BCUT2D eigenvalue weighted by Gasteiger charge is -2.04. The average Bonchev–Trinajstić information content (AvgIpc) is 3.06. The molecule has 0 fully saturated rings. The van der Waals surface area contributed by atoms with Gasteiger partial charge in [-0.05, 0) is 6.92 Å². The summed E-state index contributed by atoms with van der Waals surface area (Å²) in [5.74, 6) is 0.932. The van der Waals surface area contributed by atoms with Gasteiger partial charge in [-0.1, -0.05) is 79.3 Å². The Morgan fingerprint density at radius 2 is 1.62 bits per heavy atom. The van der Waals surface area contributed by atoms with E-state index in [1.54, 1.807) is 0 Å². The summed E-state index contributed by atoms with van der Waals surface area (Å²) in [6.07, 6.45) is 0.520. The molecular formula is C20H19NO2S. The fourth-order valence-electron chi connectivity index (χ4n) is 2.43. The Labute approximate surface area is 146 Å². The van der Waals surface area contributed by atoms with Crippen molar-refractivity contribution in [3.8, 4) is 22.6 Å². The molecule has 1 heterocycles. The van der Waals surface area contributed by atoms with Crippen LogP contribution in [0.15, 0.2) is 70.3 Å². The minimum Gasteiger partial charge on any atom is -0.431 e. The summed E-state index contributed by atoms with van der Waals surface area (Å²) in [6.45, 7) is 3.77. The first-order valence-corrected chi connectivity index (χ1v) is 8.88. The van der Waals surface area contributed by atoms with Gasteiger partial charge in [-0.2, -0.15) is 0 Å². The number of rotatable bonds is 6. The van der Waals surface area contributed by atoms with Gasteiger partial charge in [0.05, 0.1) is 5.25 Å². The standard InChI is InChI=1S/C20H19NO2S/c1-3-17(22)14(2)24-20-21-18(15-10-6-4-7-11-15)19(23-20)16-12-8-5-9-13-16/h4-14H,3H2,1-2H3. The van der Waals surface area contributed by atoms with E-state index in [1.165, 1.54) is 11.8 Å². The van der Waals surface area contributed by atoms with Gasteiger partial charge in [-0.15, -0.1) is 0 Å². The van der Waals surface area contributed by atoms with Gasteiger partial charge in [-0.3, -0.25) is 4.79 Å². The minimum atomic E-state index is -0.166. The third kappa shape index (κ3) is 3.60. The van der Waals surface area contributed by atoms with Gasteiger partial charge in [0, 0.05) is 17.5 Å². The Balaban J connectivity index is 2.02. The molecule has 3 rings (SSSR count). The molecule has 24 heavy (non-hydrogen) atoms. The Kier molecular flexibility index (Phi) is 5.16. The smallest absolute Gasteiger partial charge is 0.257 e. The minimum absolute atomic E-state index is 0.166. The summed E-state index contributed by atoms with van der Waals surface area (Å²) in [6, 6.07) is 19.9. The van der Waals surface area contributed by atoms with Crippen molar-refractivity contribution in [2.75, 3.05) is 0 Å². The van der Waals surface area contributed by atoms with Gasteiger partial charge in [0.2, 0.25) is 0 Å². The highest BCUT2D eigenvalue weighted by Gasteiger charge is 2.20. The molecule has 122 valence electrons. The van der Waals surface area contributed by atoms with Gasteiger partial charge in [0.1, 0.15) is 11.5 Å². The van der Waals surface area contributed by atoms with E-state index in [4.69, 9.17) is 4.42 Å². The van der Waals surface area contributed by atoms with Crippen molar-refractivity contribution >= 4 is 17.5 Å². The average molecular weight is 337 g/mol. The van der Waals surface area contributed by atoms with E-state index in [0.29, 0.717) is 11.6 Å². The highest BCUT2D eigenvalue weighted by Crippen LogP contribution is 2.36. The third-order valence-electron chi connectivity index (χ3n) is 3.77. The first kappa shape index (κ1) is 16.5. The molecule has 4 heteroatoms. The Morgan fingerprint density at radius 1 is 1.04 bits per heavy atom. The maximum absolute atomic E-state index is 11.9. The molecule has 2 aromatic carbocycles. The van der Waals surface area contributed by atoms with E-state index in [2.05, 4.69) is 4.98 Å². The van der Waals surface area contributed by atoms with E-state index in [-0.39, 0.29) is 11.0 Å². The molecule has 0 aliphatic heterocycles. The number of oxazole rings is 1. The summed E-state index contributed by atoms with van der Waals surface area (Å²) in [7, 11) is 0. The molecule has 0 amide bonds. The highest BCUT2D eigenvalue weighted by atomic mass is 32.2. The lowest BCUT2D eigenvalue weighted by Crippen LogP contribution is -2.11. The van der Waals surface area contributed by atoms with Crippen LogP contribution >= 0.6 is 11.8 Å². The molecule has 1 unspecified atom stereocenters. The third-order valence-corrected chi connectivity index (χ3v) is 4.76. The number of benzene rings is 2. The summed E-state index contributed by atoms with van der Waals surface area (Å²) in [5, 5.41) is 0.364. The van der Waals surface area contributed by atoms with Crippen LogP contribution in [0.4, 0.5) is 0 Å². The van der Waals surface area contributed by atoms with Crippen molar-refractivity contribution in [2.45, 2.75) is 30.7 Å². The van der Waals surface area contributed by atoms with Crippen LogP contribution in [0.3, 0.4) is 0 Å². The molecule has 0 saturated heterocycles. The lowest BCUT2D eigenvalue weighted by molar-refractivity contribution is -0.118. The predicted molar refractivity (Wildman–Crippen MR) is 98.0 cm³/mol. The number of nitrogens with zero attached hydrogens (tertiary/aromatic N) is 1. The second-order valence-electron chi connectivity index (χ2n) is 5.47. The van der Waals surface area contributed by atoms with Crippen molar-refractivity contribution in [1.82, 2.24) is 4.98 Å². The molecule has 0 bridgehead atoms. The van der Waals surface area contributed by atoms with E-state index < -0.39 is 0 Å². The van der Waals surface area contributed by atoms with Gasteiger partial charge < -0.3 is 4.42 Å². The van der Waals surface area contributed by atoms with Gasteiger partial charge >= 0.3 is 0 Å². The number of hydrogen-bond acceptors (Lipinski definition) is 4. The second kappa shape index (κ2) is 7.49. The molecule has 0 radical (unpaired) electrons. The van der Waals surface area contributed by atoms with Crippen molar-refractivity contribution < 1.29 is 9.21 Å². The van der Waals surface area contributed by atoms with Crippen LogP contribution < -0.4 is 0 Å². The molecular weight excluding hydrogens is 318 g/mol. The number of hydrogen-bond donors (Lipinski definition) is 0. The quantitative estimate of drug-likeness (QED) is 0.560. The number of carbonyl (C=O) groups excluding carboxylic acids is 1. The summed E-state index contributed by atoms with van der Waals surface area (Å²) < 4.78 is 6.02. The number of ketones is 1. The first-order chi connectivity index (χ1) is 11.7. The van der Waals surface area contributed by atoms with Crippen LogP contribution in [-0.2, 0) is 4.79 Å². The van der Waals surface area contributed by atoms with Crippen LogP contribution in [-0.4, -0.2) is 16.0 Å². The van der Waals surface area contributed by atoms with Gasteiger partial charge in [0.25, 0.3) is 5.22 Å². The van der Waals surface area contributed by atoms with E-state index in [0.717, 1.165) is 22.6 Å². The maximum Gasteiger partial charge on any atom is 0.257 e. The number of thioether (sulfide) groups is 1. The Morgan fingerprint density at radius 3 is 2.21 bits per heavy atom. The number of Topliss-reactive ketones (excluding diaryl/α,β-unsaturated/α-hetero) is 1. The van der Waals surface area contributed by atoms with Crippen LogP contribution in [0, 0.1) is 0 Å². The van der Waals surface area contributed by atoms with Crippen LogP contribution in [0.5, 0.6) is 0 Å². The van der Waals surface area contributed by atoms with Crippen molar-refractivity contribution in [3.63, 3.8) is 0 Å². The highest BCUT2D eigenvalue weighted by molar-refractivity contribution is 8.00.